The average Bonchev–Trinajstić information content (AvgIpc) is 3.36. The number of aromatic hydroxyl groups is 1. The molecule has 1 fully saturated rings. The van der Waals surface area contributed by atoms with Crippen LogP contribution >= 0.6 is 35.0 Å². The maximum absolute atomic E-state index is 13.0. The minimum atomic E-state index is -0.459. The Balaban J connectivity index is 1.38. The fourth-order valence-electron chi connectivity index (χ4n) is 3.72. The van der Waals surface area contributed by atoms with Crippen molar-refractivity contribution in [1.29, 1.82) is 0 Å². The molecule has 0 unspecified atom stereocenters. The number of amides is 2. The van der Waals surface area contributed by atoms with Gasteiger partial charge >= 0.3 is 0 Å². The standard InChI is InChI=1S/C25H17Cl2NO5S/c26-18-4-2-1-3-15(18)7-14-5-6-20(29)16(8-14)10-23-24(30)28(25(31)34-23)12-17-9-21-22(11-19(17)27)33-13-32-21/h1-6,8-11,29H,7,12-13H2/b23-10-. The van der Waals surface area contributed by atoms with Gasteiger partial charge in [-0.05, 0) is 65.2 Å². The van der Waals surface area contributed by atoms with Crippen LogP contribution in [0.15, 0.2) is 59.5 Å². The Hall–Kier alpha value is -3.13. The summed E-state index contributed by atoms with van der Waals surface area (Å²) in [6, 6.07) is 15.9. The lowest BCUT2D eigenvalue weighted by molar-refractivity contribution is -0.123. The summed E-state index contributed by atoms with van der Waals surface area (Å²) in [4.78, 5) is 27.0. The molecule has 3 aromatic rings. The quantitative estimate of drug-likeness (QED) is 0.406. The van der Waals surface area contributed by atoms with Gasteiger partial charge in [0, 0.05) is 21.7 Å². The van der Waals surface area contributed by atoms with Crippen molar-refractivity contribution < 1.29 is 24.2 Å². The molecule has 34 heavy (non-hydrogen) atoms. The second-order valence-electron chi connectivity index (χ2n) is 7.73. The van der Waals surface area contributed by atoms with Gasteiger partial charge in [0.15, 0.2) is 11.5 Å². The largest absolute Gasteiger partial charge is 0.507 e. The molecule has 0 aliphatic carbocycles. The minimum absolute atomic E-state index is 0.00396. The zero-order valence-electron chi connectivity index (χ0n) is 17.6. The van der Waals surface area contributed by atoms with Crippen LogP contribution < -0.4 is 9.47 Å². The molecule has 1 saturated heterocycles. The van der Waals surface area contributed by atoms with Crippen LogP contribution in [0.2, 0.25) is 10.0 Å². The van der Waals surface area contributed by atoms with E-state index in [0.29, 0.717) is 39.1 Å². The van der Waals surface area contributed by atoms with Gasteiger partial charge in [0.2, 0.25) is 6.79 Å². The molecule has 0 bridgehead atoms. The van der Waals surface area contributed by atoms with Gasteiger partial charge < -0.3 is 14.6 Å². The normalized spacial score (nSPS) is 16.1. The Morgan fingerprint density at radius 1 is 0.971 bits per heavy atom. The topological polar surface area (TPSA) is 76.1 Å². The van der Waals surface area contributed by atoms with E-state index in [4.69, 9.17) is 32.7 Å². The number of phenolic OH excluding ortho intramolecular Hbond substituents is 1. The summed E-state index contributed by atoms with van der Waals surface area (Å²) in [5, 5.41) is 11.0. The van der Waals surface area contributed by atoms with E-state index in [9.17, 15) is 14.7 Å². The fraction of sp³-hybridized carbons (Fsp3) is 0.120. The van der Waals surface area contributed by atoms with Crippen molar-refractivity contribution in [1.82, 2.24) is 4.90 Å². The summed E-state index contributed by atoms with van der Waals surface area (Å²) in [6.07, 6.45) is 2.09. The number of benzene rings is 3. The molecule has 2 aliphatic heterocycles. The van der Waals surface area contributed by atoms with E-state index in [1.54, 1.807) is 30.3 Å². The smallest absolute Gasteiger partial charge is 0.293 e. The maximum Gasteiger partial charge on any atom is 0.293 e. The minimum Gasteiger partial charge on any atom is -0.507 e. The predicted molar refractivity (Wildman–Crippen MR) is 131 cm³/mol. The number of rotatable bonds is 5. The van der Waals surface area contributed by atoms with Crippen LogP contribution in [0.4, 0.5) is 4.79 Å². The molecule has 5 rings (SSSR count). The van der Waals surface area contributed by atoms with Crippen molar-refractivity contribution in [2.75, 3.05) is 6.79 Å². The summed E-state index contributed by atoms with van der Waals surface area (Å²) < 4.78 is 10.7. The highest BCUT2D eigenvalue weighted by Crippen LogP contribution is 2.40. The van der Waals surface area contributed by atoms with Gasteiger partial charge in [0.05, 0.1) is 11.4 Å². The first-order valence-electron chi connectivity index (χ1n) is 10.3. The highest BCUT2D eigenvalue weighted by Gasteiger charge is 2.36. The Kier molecular flexibility index (Phi) is 6.16. The lowest BCUT2D eigenvalue weighted by Gasteiger charge is -2.14. The molecule has 9 heteroatoms. The van der Waals surface area contributed by atoms with E-state index in [1.807, 2.05) is 24.3 Å². The van der Waals surface area contributed by atoms with Crippen LogP contribution in [0.1, 0.15) is 22.3 Å². The maximum atomic E-state index is 13.0. The molecular formula is C25H17Cl2NO5S. The molecule has 6 nitrogen and oxygen atoms in total. The van der Waals surface area contributed by atoms with Crippen molar-refractivity contribution in [3.8, 4) is 17.2 Å². The Morgan fingerprint density at radius 3 is 2.53 bits per heavy atom. The molecule has 0 aromatic heterocycles. The highest BCUT2D eigenvalue weighted by molar-refractivity contribution is 8.18. The first-order valence-corrected chi connectivity index (χ1v) is 11.8. The Labute approximate surface area is 209 Å². The molecule has 2 amide bonds. The zero-order valence-corrected chi connectivity index (χ0v) is 19.9. The van der Waals surface area contributed by atoms with Crippen LogP contribution in [0.5, 0.6) is 17.2 Å². The molecule has 1 N–H and O–H groups in total. The number of carbonyl (C=O) groups is 2. The van der Waals surface area contributed by atoms with Crippen LogP contribution in [0, 0.1) is 0 Å². The zero-order chi connectivity index (χ0) is 23.8. The number of thioether (sulfide) groups is 1. The molecule has 0 radical (unpaired) electrons. The van der Waals surface area contributed by atoms with E-state index in [2.05, 4.69) is 0 Å². The third-order valence-corrected chi connectivity index (χ3v) is 7.10. The molecule has 0 atom stereocenters. The lowest BCUT2D eigenvalue weighted by Crippen LogP contribution is -2.27. The first-order chi connectivity index (χ1) is 16.4. The number of imide groups is 1. The molecule has 0 spiro atoms. The molecule has 172 valence electrons. The van der Waals surface area contributed by atoms with Crippen LogP contribution in [0.25, 0.3) is 6.08 Å². The SMILES string of the molecule is O=C1S/C(=C\c2cc(Cc3ccccc3Cl)ccc2O)C(=O)N1Cc1cc2c(cc1Cl)OCO2. The van der Waals surface area contributed by atoms with Crippen LogP contribution in [-0.2, 0) is 17.8 Å². The second-order valence-corrected chi connectivity index (χ2v) is 9.53. The number of halogens is 2. The monoisotopic (exact) mass is 513 g/mol. The van der Waals surface area contributed by atoms with Gasteiger partial charge in [0.25, 0.3) is 11.1 Å². The summed E-state index contributed by atoms with van der Waals surface area (Å²) in [5.74, 6) is 0.588. The summed E-state index contributed by atoms with van der Waals surface area (Å²) >= 11 is 13.4. The van der Waals surface area contributed by atoms with E-state index < -0.39 is 11.1 Å². The first kappa shape index (κ1) is 22.7. The lowest BCUT2D eigenvalue weighted by atomic mass is 10.0. The fourth-order valence-corrected chi connectivity index (χ4v) is 4.96. The number of ether oxygens (including phenoxy) is 2. The Morgan fingerprint density at radius 2 is 1.74 bits per heavy atom. The van der Waals surface area contributed by atoms with Crippen molar-refractivity contribution >= 4 is 52.2 Å². The van der Waals surface area contributed by atoms with Crippen molar-refractivity contribution in [2.24, 2.45) is 0 Å². The van der Waals surface area contributed by atoms with Gasteiger partial charge in [-0.25, -0.2) is 0 Å². The van der Waals surface area contributed by atoms with Crippen molar-refractivity contribution in [3.63, 3.8) is 0 Å². The Bertz CT molecular complexity index is 1360. The highest BCUT2D eigenvalue weighted by atomic mass is 35.5. The van der Waals surface area contributed by atoms with Crippen molar-refractivity contribution in [2.45, 2.75) is 13.0 Å². The van der Waals surface area contributed by atoms with Crippen molar-refractivity contribution in [3.05, 3.63) is 91.8 Å². The van der Waals surface area contributed by atoms with E-state index in [-0.39, 0.29) is 24.0 Å². The predicted octanol–water partition coefficient (Wildman–Crippen LogP) is 6.26. The number of hydrogen-bond donors (Lipinski definition) is 1. The van der Waals surface area contributed by atoms with Gasteiger partial charge in [0.1, 0.15) is 5.75 Å². The molecule has 0 saturated carbocycles. The number of hydrogen-bond acceptors (Lipinski definition) is 6. The van der Waals surface area contributed by atoms with Crippen LogP contribution in [-0.4, -0.2) is 27.9 Å². The second kappa shape index (κ2) is 9.25. The van der Waals surface area contributed by atoms with Gasteiger partial charge in [-0.15, -0.1) is 0 Å². The van der Waals surface area contributed by atoms with E-state index >= 15 is 0 Å². The number of carbonyl (C=O) groups excluding carboxylic acids is 2. The van der Waals surface area contributed by atoms with E-state index in [1.165, 1.54) is 6.08 Å². The third kappa shape index (κ3) is 4.46. The number of nitrogens with zero attached hydrogens (tertiary/aromatic N) is 1. The van der Waals surface area contributed by atoms with Crippen LogP contribution in [0.3, 0.4) is 0 Å². The van der Waals surface area contributed by atoms with Gasteiger partial charge in [-0.2, -0.15) is 0 Å². The third-order valence-electron chi connectivity index (χ3n) is 5.47. The number of fused-ring (bicyclic) bond motifs is 1. The van der Waals surface area contributed by atoms with E-state index in [0.717, 1.165) is 27.8 Å². The van der Waals surface area contributed by atoms with Gasteiger partial charge in [-0.3, -0.25) is 14.5 Å². The average molecular weight is 514 g/mol. The summed E-state index contributed by atoms with van der Waals surface area (Å²) in [5.41, 5.74) is 2.86. The molecular weight excluding hydrogens is 497 g/mol. The van der Waals surface area contributed by atoms with Gasteiger partial charge in [-0.1, -0.05) is 47.5 Å². The molecule has 2 aliphatic rings. The summed E-state index contributed by atoms with van der Waals surface area (Å²) in [6.45, 7) is 0.0917. The number of phenols is 1. The molecule has 2 heterocycles. The summed E-state index contributed by atoms with van der Waals surface area (Å²) in [7, 11) is 0. The molecule has 3 aromatic carbocycles.